The van der Waals surface area contributed by atoms with Crippen LogP contribution in [0.4, 0.5) is 0 Å². The number of rotatable bonds is 3. The molecule has 0 aliphatic rings. The van der Waals surface area contributed by atoms with Crippen LogP contribution >= 0.6 is 0 Å². The zero-order chi connectivity index (χ0) is 11.5. The van der Waals surface area contributed by atoms with E-state index in [1.54, 1.807) is 4.68 Å². The van der Waals surface area contributed by atoms with Gasteiger partial charge in [0.15, 0.2) is 0 Å². The lowest BCUT2D eigenvalue weighted by atomic mass is 10.1. The molecular formula is C13H16N2O. The van der Waals surface area contributed by atoms with E-state index in [-0.39, 0.29) is 0 Å². The highest BCUT2D eigenvalue weighted by Crippen LogP contribution is 2.19. The summed E-state index contributed by atoms with van der Waals surface area (Å²) in [7, 11) is 1.90. The van der Waals surface area contributed by atoms with E-state index in [2.05, 4.69) is 30.2 Å². The molecule has 84 valence electrons. The van der Waals surface area contributed by atoms with Crippen molar-refractivity contribution in [3.8, 4) is 5.75 Å². The van der Waals surface area contributed by atoms with Crippen molar-refractivity contribution in [2.75, 3.05) is 0 Å². The minimum Gasteiger partial charge on any atom is -0.487 e. The number of ether oxygens (including phenoxy) is 1. The van der Waals surface area contributed by atoms with E-state index in [9.17, 15) is 0 Å². The highest BCUT2D eigenvalue weighted by Gasteiger charge is 2.02. The monoisotopic (exact) mass is 216 g/mol. The van der Waals surface area contributed by atoms with Crippen LogP contribution in [0.3, 0.4) is 0 Å². The van der Waals surface area contributed by atoms with Gasteiger partial charge in [-0.2, -0.15) is 5.10 Å². The third-order valence-corrected chi connectivity index (χ3v) is 2.49. The predicted octanol–water partition coefficient (Wildman–Crippen LogP) is 2.62. The van der Waals surface area contributed by atoms with Crippen molar-refractivity contribution >= 4 is 0 Å². The van der Waals surface area contributed by atoms with Gasteiger partial charge in [0.05, 0.1) is 5.69 Å². The molecule has 0 aliphatic carbocycles. The lowest BCUT2D eigenvalue weighted by Crippen LogP contribution is -1.99. The maximum atomic E-state index is 5.74. The van der Waals surface area contributed by atoms with Crippen LogP contribution in [0.25, 0.3) is 0 Å². The normalized spacial score (nSPS) is 10.4. The van der Waals surface area contributed by atoms with Gasteiger partial charge in [0.2, 0.25) is 0 Å². The molecule has 0 amide bonds. The Labute approximate surface area is 95.7 Å². The summed E-state index contributed by atoms with van der Waals surface area (Å²) >= 11 is 0. The van der Waals surface area contributed by atoms with Crippen LogP contribution in [0.15, 0.2) is 30.5 Å². The van der Waals surface area contributed by atoms with Crippen LogP contribution in [-0.4, -0.2) is 9.78 Å². The smallest absolute Gasteiger partial charge is 0.132 e. The van der Waals surface area contributed by atoms with Gasteiger partial charge < -0.3 is 4.74 Å². The van der Waals surface area contributed by atoms with Crippen LogP contribution in [-0.2, 0) is 13.7 Å². The van der Waals surface area contributed by atoms with Gasteiger partial charge in [-0.25, -0.2) is 0 Å². The minimum absolute atomic E-state index is 0.519. The van der Waals surface area contributed by atoms with Gasteiger partial charge in [0.25, 0.3) is 0 Å². The molecule has 2 rings (SSSR count). The largest absolute Gasteiger partial charge is 0.487 e. The summed E-state index contributed by atoms with van der Waals surface area (Å²) in [5, 5.41) is 4.27. The molecule has 1 aromatic heterocycles. The molecule has 16 heavy (non-hydrogen) atoms. The zero-order valence-electron chi connectivity index (χ0n) is 9.90. The molecule has 0 atom stereocenters. The Balaban J connectivity index is 2.07. The molecule has 1 aromatic carbocycles. The first-order chi connectivity index (χ1) is 7.65. The molecule has 2 aromatic rings. The second-order valence-electron chi connectivity index (χ2n) is 4.04. The Bertz CT molecular complexity index is 488. The van der Waals surface area contributed by atoms with Gasteiger partial charge in [-0.05, 0) is 37.1 Å². The summed E-state index contributed by atoms with van der Waals surface area (Å²) in [6, 6.07) is 8.18. The maximum Gasteiger partial charge on any atom is 0.132 e. The standard InChI is InChI=1S/C13H16N2O/c1-10-4-5-11(2)13(8-10)16-9-12-6-7-15(3)14-12/h4-8H,9H2,1-3H3. The summed E-state index contributed by atoms with van der Waals surface area (Å²) in [6.07, 6.45) is 1.92. The molecule has 0 saturated heterocycles. The highest BCUT2D eigenvalue weighted by molar-refractivity contribution is 5.36. The summed E-state index contributed by atoms with van der Waals surface area (Å²) in [5.74, 6) is 0.936. The summed E-state index contributed by atoms with van der Waals surface area (Å²) in [5.41, 5.74) is 3.31. The van der Waals surface area contributed by atoms with Crippen molar-refractivity contribution in [1.29, 1.82) is 0 Å². The summed E-state index contributed by atoms with van der Waals surface area (Å²) in [6.45, 7) is 4.63. The van der Waals surface area contributed by atoms with Crippen molar-refractivity contribution in [1.82, 2.24) is 9.78 Å². The molecule has 0 spiro atoms. The molecule has 0 bridgehead atoms. The Morgan fingerprint density at radius 3 is 2.75 bits per heavy atom. The number of hydrogen-bond donors (Lipinski definition) is 0. The van der Waals surface area contributed by atoms with Crippen LogP contribution < -0.4 is 4.74 Å². The molecule has 0 radical (unpaired) electrons. The molecule has 0 saturated carbocycles. The van der Waals surface area contributed by atoms with E-state index in [1.165, 1.54) is 5.56 Å². The first kappa shape index (κ1) is 10.7. The van der Waals surface area contributed by atoms with Gasteiger partial charge in [0.1, 0.15) is 12.4 Å². The Kier molecular flexibility index (Phi) is 2.95. The molecule has 3 nitrogen and oxygen atoms in total. The lowest BCUT2D eigenvalue weighted by Gasteiger charge is -2.08. The predicted molar refractivity (Wildman–Crippen MR) is 63.5 cm³/mol. The van der Waals surface area contributed by atoms with E-state index < -0.39 is 0 Å². The molecule has 0 fully saturated rings. The van der Waals surface area contributed by atoms with Crippen LogP contribution in [0.1, 0.15) is 16.8 Å². The highest BCUT2D eigenvalue weighted by atomic mass is 16.5. The Morgan fingerprint density at radius 1 is 1.25 bits per heavy atom. The number of hydrogen-bond acceptors (Lipinski definition) is 2. The fourth-order valence-corrected chi connectivity index (χ4v) is 1.55. The van der Waals surface area contributed by atoms with Crippen molar-refractivity contribution in [3.05, 3.63) is 47.3 Å². The maximum absolute atomic E-state index is 5.74. The number of benzene rings is 1. The van der Waals surface area contributed by atoms with Crippen molar-refractivity contribution in [2.24, 2.45) is 7.05 Å². The first-order valence-electron chi connectivity index (χ1n) is 5.34. The Morgan fingerprint density at radius 2 is 2.06 bits per heavy atom. The van der Waals surface area contributed by atoms with E-state index in [4.69, 9.17) is 4.74 Å². The zero-order valence-corrected chi connectivity index (χ0v) is 9.90. The second-order valence-corrected chi connectivity index (χ2v) is 4.04. The van der Waals surface area contributed by atoms with Gasteiger partial charge in [-0.3, -0.25) is 4.68 Å². The third-order valence-electron chi connectivity index (χ3n) is 2.49. The minimum atomic E-state index is 0.519. The quantitative estimate of drug-likeness (QED) is 0.788. The molecule has 1 heterocycles. The number of aromatic nitrogens is 2. The van der Waals surface area contributed by atoms with E-state index >= 15 is 0 Å². The van der Waals surface area contributed by atoms with E-state index in [1.807, 2.05) is 26.2 Å². The van der Waals surface area contributed by atoms with Crippen LogP contribution in [0, 0.1) is 13.8 Å². The summed E-state index contributed by atoms with van der Waals surface area (Å²) in [4.78, 5) is 0. The fraction of sp³-hybridized carbons (Fsp3) is 0.308. The van der Waals surface area contributed by atoms with Gasteiger partial charge >= 0.3 is 0 Å². The SMILES string of the molecule is Cc1ccc(C)c(OCc2ccn(C)n2)c1. The van der Waals surface area contributed by atoms with Crippen LogP contribution in [0.2, 0.25) is 0 Å². The second kappa shape index (κ2) is 4.39. The summed E-state index contributed by atoms with van der Waals surface area (Å²) < 4.78 is 7.52. The molecule has 0 N–H and O–H groups in total. The third kappa shape index (κ3) is 2.42. The number of nitrogens with zero attached hydrogens (tertiary/aromatic N) is 2. The average Bonchev–Trinajstić information content (AvgIpc) is 2.66. The topological polar surface area (TPSA) is 27.1 Å². The number of aryl methyl sites for hydroxylation is 3. The van der Waals surface area contributed by atoms with Crippen molar-refractivity contribution in [3.63, 3.8) is 0 Å². The van der Waals surface area contributed by atoms with E-state index in [0.717, 1.165) is 17.0 Å². The van der Waals surface area contributed by atoms with Crippen LogP contribution in [0.5, 0.6) is 5.75 Å². The van der Waals surface area contributed by atoms with Gasteiger partial charge in [-0.15, -0.1) is 0 Å². The molecule has 0 aliphatic heterocycles. The van der Waals surface area contributed by atoms with Gasteiger partial charge in [-0.1, -0.05) is 12.1 Å². The Hall–Kier alpha value is -1.77. The lowest BCUT2D eigenvalue weighted by molar-refractivity contribution is 0.298. The fourth-order valence-electron chi connectivity index (χ4n) is 1.55. The molecular weight excluding hydrogens is 200 g/mol. The molecule has 0 unspecified atom stereocenters. The van der Waals surface area contributed by atoms with Crippen molar-refractivity contribution in [2.45, 2.75) is 20.5 Å². The van der Waals surface area contributed by atoms with Crippen molar-refractivity contribution < 1.29 is 4.74 Å². The van der Waals surface area contributed by atoms with E-state index in [0.29, 0.717) is 6.61 Å². The first-order valence-corrected chi connectivity index (χ1v) is 5.34. The molecule has 3 heteroatoms. The average molecular weight is 216 g/mol. The van der Waals surface area contributed by atoms with Gasteiger partial charge in [0, 0.05) is 13.2 Å².